The van der Waals surface area contributed by atoms with E-state index in [0.29, 0.717) is 6.04 Å². The van der Waals surface area contributed by atoms with Gasteiger partial charge >= 0.3 is 0 Å². The molecule has 1 unspecified atom stereocenters. The maximum atomic E-state index is 5.84. The lowest BCUT2D eigenvalue weighted by atomic mass is 10.1. The van der Waals surface area contributed by atoms with Crippen molar-refractivity contribution in [2.45, 2.75) is 65.5 Å². The minimum absolute atomic E-state index is 0.324. The van der Waals surface area contributed by atoms with Gasteiger partial charge in [0.1, 0.15) is 5.75 Å². The summed E-state index contributed by atoms with van der Waals surface area (Å²) in [6.45, 7) is 8.28. The summed E-state index contributed by atoms with van der Waals surface area (Å²) in [5.74, 6) is 0.977. The minimum Gasteiger partial charge on any atom is -0.494 e. The SMILES string of the molecule is CCCCCCCOc1ccc(C(C)NCc2ccc(C)cc2)cc1. The van der Waals surface area contributed by atoms with E-state index in [1.165, 1.54) is 42.4 Å². The Bertz CT molecular complexity index is 588. The van der Waals surface area contributed by atoms with Crippen LogP contribution in [-0.2, 0) is 6.54 Å². The van der Waals surface area contributed by atoms with Crippen molar-refractivity contribution in [1.29, 1.82) is 0 Å². The first-order chi connectivity index (χ1) is 12.2. The van der Waals surface area contributed by atoms with Crippen LogP contribution in [0.25, 0.3) is 0 Å². The van der Waals surface area contributed by atoms with Crippen LogP contribution in [0.3, 0.4) is 0 Å². The highest BCUT2D eigenvalue weighted by molar-refractivity contribution is 5.29. The molecule has 2 aromatic rings. The third-order valence-electron chi connectivity index (χ3n) is 4.63. The van der Waals surface area contributed by atoms with Crippen LogP contribution < -0.4 is 10.1 Å². The first-order valence-electron chi connectivity index (χ1n) is 9.70. The fourth-order valence-corrected chi connectivity index (χ4v) is 2.84. The Morgan fingerprint density at radius 3 is 2.24 bits per heavy atom. The summed E-state index contributed by atoms with van der Waals surface area (Å²) in [7, 11) is 0. The summed E-state index contributed by atoms with van der Waals surface area (Å²) in [5.41, 5.74) is 3.92. The number of benzene rings is 2. The molecule has 1 atom stereocenters. The second kappa shape index (κ2) is 10.9. The topological polar surface area (TPSA) is 21.3 Å². The van der Waals surface area contributed by atoms with Crippen LogP contribution in [0, 0.1) is 6.92 Å². The van der Waals surface area contributed by atoms with Crippen LogP contribution >= 0.6 is 0 Å². The average Bonchev–Trinajstić information content (AvgIpc) is 2.64. The van der Waals surface area contributed by atoms with E-state index in [-0.39, 0.29) is 0 Å². The Hall–Kier alpha value is -1.80. The summed E-state index contributed by atoms with van der Waals surface area (Å²) in [6.07, 6.45) is 6.37. The Morgan fingerprint density at radius 2 is 1.56 bits per heavy atom. The number of rotatable bonds is 11. The van der Waals surface area contributed by atoms with E-state index in [9.17, 15) is 0 Å². The molecule has 0 bridgehead atoms. The van der Waals surface area contributed by atoms with E-state index < -0.39 is 0 Å². The summed E-state index contributed by atoms with van der Waals surface area (Å²) < 4.78 is 5.84. The number of aryl methyl sites for hydroxylation is 1. The molecular formula is C23H33NO. The Kier molecular flexibility index (Phi) is 8.54. The molecule has 2 rings (SSSR count). The third-order valence-corrected chi connectivity index (χ3v) is 4.63. The van der Waals surface area contributed by atoms with Gasteiger partial charge in [-0.25, -0.2) is 0 Å². The molecule has 1 N–H and O–H groups in total. The minimum atomic E-state index is 0.324. The number of nitrogens with one attached hydrogen (secondary N) is 1. The predicted octanol–water partition coefficient (Wildman–Crippen LogP) is 6.20. The molecule has 0 aliphatic carbocycles. The van der Waals surface area contributed by atoms with Crippen LogP contribution in [0.4, 0.5) is 0 Å². The highest BCUT2D eigenvalue weighted by Gasteiger charge is 2.05. The number of ether oxygens (including phenoxy) is 1. The van der Waals surface area contributed by atoms with E-state index in [0.717, 1.165) is 25.3 Å². The molecule has 0 aromatic heterocycles. The zero-order valence-electron chi connectivity index (χ0n) is 16.1. The zero-order valence-corrected chi connectivity index (χ0v) is 16.1. The Balaban J connectivity index is 1.72. The van der Waals surface area contributed by atoms with Crippen molar-refractivity contribution in [3.8, 4) is 5.75 Å². The molecule has 25 heavy (non-hydrogen) atoms. The number of hydrogen-bond donors (Lipinski definition) is 1. The van der Waals surface area contributed by atoms with Gasteiger partial charge in [-0.1, -0.05) is 74.6 Å². The van der Waals surface area contributed by atoms with Gasteiger partial charge < -0.3 is 10.1 Å². The molecule has 0 spiro atoms. The van der Waals surface area contributed by atoms with E-state index in [1.807, 2.05) is 0 Å². The lowest BCUT2D eigenvalue weighted by Crippen LogP contribution is -2.18. The van der Waals surface area contributed by atoms with Crippen molar-refractivity contribution in [2.24, 2.45) is 0 Å². The summed E-state index contributed by atoms with van der Waals surface area (Å²) >= 11 is 0. The van der Waals surface area contributed by atoms with Crippen LogP contribution in [0.15, 0.2) is 48.5 Å². The molecule has 0 aliphatic heterocycles. The first kappa shape index (κ1) is 19.5. The molecule has 2 aromatic carbocycles. The van der Waals surface area contributed by atoms with Crippen molar-refractivity contribution in [3.05, 3.63) is 65.2 Å². The highest BCUT2D eigenvalue weighted by atomic mass is 16.5. The molecule has 0 fully saturated rings. The van der Waals surface area contributed by atoms with Gasteiger partial charge in [0.15, 0.2) is 0 Å². The summed E-state index contributed by atoms with van der Waals surface area (Å²) in [6, 6.07) is 17.5. The number of hydrogen-bond acceptors (Lipinski definition) is 2. The Morgan fingerprint density at radius 1 is 0.880 bits per heavy atom. The van der Waals surface area contributed by atoms with E-state index >= 15 is 0 Å². The molecule has 136 valence electrons. The van der Waals surface area contributed by atoms with Gasteiger partial charge in [-0.15, -0.1) is 0 Å². The monoisotopic (exact) mass is 339 g/mol. The highest BCUT2D eigenvalue weighted by Crippen LogP contribution is 2.18. The van der Waals surface area contributed by atoms with Gasteiger partial charge in [-0.2, -0.15) is 0 Å². The van der Waals surface area contributed by atoms with E-state index in [4.69, 9.17) is 4.74 Å². The second-order valence-corrected chi connectivity index (χ2v) is 6.92. The first-order valence-corrected chi connectivity index (χ1v) is 9.70. The van der Waals surface area contributed by atoms with Crippen molar-refractivity contribution < 1.29 is 4.74 Å². The van der Waals surface area contributed by atoms with E-state index in [2.05, 4.69) is 74.6 Å². The second-order valence-electron chi connectivity index (χ2n) is 6.92. The molecule has 0 aliphatic rings. The average molecular weight is 340 g/mol. The predicted molar refractivity (Wildman–Crippen MR) is 107 cm³/mol. The normalized spacial score (nSPS) is 12.1. The molecule has 2 heteroatoms. The Labute approximate surface area is 153 Å². The summed E-state index contributed by atoms with van der Waals surface area (Å²) in [5, 5.41) is 3.59. The van der Waals surface area contributed by atoms with Crippen LogP contribution in [0.1, 0.15) is 68.7 Å². The fourth-order valence-electron chi connectivity index (χ4n) is 2.84. The lowest BCUT2D eigenvalue weighted by Gasteiger charge is -2.15. The molecule has 0 saturated heterocycles. The maximum absolute atomic E-state index is 5.84. The third kappa shape index (κ3) is 7.31. The molecule has 0 heterocycles. The lowest BCUT2D eigenvalue weighted by molar-refractivity contribution is 0.304. The van der Waals surface area contributed by atoms with Gasteiger partial charge in [0.25, 0.3) is 0 Å². The zero-order chi connectivity index (χ0) is 17.9. The van der Waals surface area contributed by atoms with Gasteiger partial charge in [0, 0.05) is 12.6 Å². The molecule has 0 radical (unpaired) electrons. The van der Waals surface area contributed by atoms with Crippen molar-refractivity contribution >= 4 is 0 Å². The van der Waals surface area contributed by atoms with Crippen LogP contribution in [-0.4, -0.2) is 6.61 Å². The maximum Gasteiger partial charge on any atom is 0.119 e. The molecular weight excluding hydrogens is 306 g/mol. The summed E-state index contributed by atoms with van der Waals surface area (Å²) in [4.78, 5) is 0. The van der Waals surface area contributed by atoms with Crippen LogP contribution in [0.5, 0.6) is 5.75 Å². The van der Waals surface area contributed by atoms with Crippen molar-refractivity contribution in [1.82, 2.24) is 5.32 Å². The fraction of sp³-hybridized carbons (Fsp3) is 0.478. The smallest absolute Gasteiger partial charge is 0.119 e. The molecule has 0 amide bonds. The van der Waals surface area contributed by atoms with Gasteiger partial charge in [0.05, 0.1) is 6.61 Å². The molecule has 0 saturated carbocycles. The van der Waals surface area contributed by atoms with Gasteiger partial charge in [-0.3, -0.25) is 0 Å². The van der Waals surface area contributed by atoms with Crippen molar-refractivity contribution in [2.75, 3.05) is 6.61 Å². The molecule has 2 nitrogen and oxygen atoms in total. The van der Waals surface area contributed by atoms with E-state index in [1.54, 1.807) is 0 Å². The van der Waals surface area contributed by atoms with Crippen molar-refractivity contribution in [3.63, 3.8) is 0 Å². The van der Waals surface area contributed by atoms with Gasteiger partial charge in [-0.05, 0) is 43.5 Å². The standard InChI is InChI=1S/C23H33NO/c1-4-5-6-7-8-17-25-23-15-13-22(14-16-23)20(3)24-18-21-11-9-19(2)10-12-21/h9-16,20,24H,4-8,17-18H2,1-3H3. The number of unbranched alkanes of at least 4 members (excludes halogenated alkanes) is 4. The quantitative estimate of drug-likeness (QED) is 0.492. The largest absolute Gasteiger partial charge is 0.494 e. The van der Waals surface area contributed by atoms with Gasteiger partial charge in [0.2, 0.25) is 0 Å². The van der Waals surface area contributed by atoms with Crippen LogP contribution in [0.2, 0.25) is 0 Å².